The molecule has 0 aliphatic rings. The zero-order valence-corrected chi connectivity index (χ0v) is 13.3. The predicted octanol–water partition coefficient (Wildman–Crippen LogP) is 4.45. The minimum absolute atomic E-state index is 0.951. The second-order valence-corrected chi connectivity index (χ2v) is 6.18. The van der Waals surface area contributed by atoms with E-state index in [1.165, 1.54) is 28.6 Å². The third-order valence-corrected chi connectivity index (χ3v) is 4.57. The lowest BCUT2D eigenvalue weighted by Gasteiger charge is -2.11. The van der Waals surface area contributed by atoms with E-state index in [0.29, 0.717) is 0 Å². The highest BCUT2D eigenvalue weighted by molar-refractivity contribution is 7.07. The Kier molecular flexibility index (Phi) is 4.73. The molecule has 3 rings (SSSR count). The van der Waals surface area contributed by atoms with E-state index in [4.69, 9.17) is 0 Å². The molecule has 0 saturated heterocycles. The van der Waals surface area contributed by atoms with Gasteiger partial charge in [0.05, 0.1) is 0 Å². The van der Waals surface area contributed by atoms with Crippen LogP contribution in [0, 0.1) is 0 Å². The maximum absolute atomic E-state index is 3.53. The van der Waals surface area contributed by atoms with Gasteiger partial charge in [-0.1, -0.05) is 25.1 Å². The van der Waals surface area contributed by atoms with Gasteiger partial charge in [-0.25, -0.2) is 0 Å². The van der Waals surface area contributed by atoms with Crippen LogP contribution in [-0.2, 0) is 19.5 Å². The van der Waals surface area contributed by atoms with Crippen LogP contribution < -0.4 is 5.32 Å². The monoisotopic (exact) mass is 298 g/mol. The number of rotatable bonds is 7. The summed E-state index contributed by atoms with van der Waals surface area (Å²) in [5.41, 5.74) is 4.17. The number of aromatic nitrogens is 1. The van der Waals surface area contributed by atoms with Crippen molar-refractivity contribution >= 4 is 22.2 Å². The van der Waals surface area contributed by atoms with Gasteiger partial charge in [-0.15, -0.1) is 0 Å². The first-order chi connectivity index (χ1) is 10.4. The van der Waals surface area contributed by atoms with Gasteiger partial charge in [0.1, 0.15) is 0 Å². The van der Waals surface area contributed by atoms with E-state index in [0.717, 1.165) is 26.1 Å². The van der Waals surface area contributed by atoms with Crippen LogP contribution in [0.4, 0.5) is 0 Å². The SMILES string of the molecule is CCCNCc1cc2ccccc2n1CCc1ccsc1. The molecule has 0 saturated carbocycles. The van der Waals surface area contributed by atoms with Gasteiger partial charge in [0, 0.05) is 24.3 Å². The summed E-state index contributed by atoms with van der Waals surface area (Å²) in [5, 5.41) is 9.28. The van der Waals surface area contributed by atoms with Crippen molar-refractivity contribution in [3.63, 3.8) is 0 Å². The highest BCUT2D eigenvalue weighted by Gasteiger charge is 2.08. The van der Waals surface area contributed by atoms with Gasteiger partial charge in [0.25, 0.3) is 0 Å². The van der Waals surface area contributed by atoms with Gasteiger partial charge >= 0.3 is 0 Å². The molecule has 3 heteroatoms. The molecule has 110 valence electrons. The summed E-state index contributed by atoms with van der Waals surface area (Å²) in [5.74, 6) is 0. The van der Waals surface area contributed by atoms with Crippen molar-refractivity contribution < 1.29 is 0 Å². The number of nitrogens with one attached hydrogen (secondary N) is 1. The number of benzene rings is 1. The van der Waals surface area contributed by atoms with E-state index in [-0.39, 0.29) is 0 Å². The second kappa shape index (κ2) is 6.92. The highest BCUT2D eigenvalue weighted by atomic mass is 32.1. The highest BCUT2D eigenvalue weighted by Crippen LogP contribution is 2.21. The molecule has 2 nitrogen and oxygen atoms in total. The summed E-state index contributed by atoms with van der Waals surface area (Å²) in [4.78, 5) is 0. The normalized spacial score (nSPS) is 11.3. The first-order valence-electron chi connectivity index (χ1n) is 7.67. The number of nitrogens with zero attached hydrogens (tertiary/aromatic N) is 1. The fourth-order valence-electron chi connectivity index (χ4n) is 2.75. The van der Waals surface area contributed by atoms with Gasteiger partial charge in [-0.2, -0.15) is 11.3 Å². The van der Waals surface area contributed by atoms with Crippen LogP contribution in [0.1, 0.15) is 24.6 Å². The fraction of sp³-hybridized carbons (Fsp3) is 0.333. The van der Waals surface area contributed by atoms with Crippen molar-refractivity contribution in [3.05, 3.63) is 58.4 Å². The zero-order valence-electron chi connectivity index (χ0n) is 12.5. The van der Waals surface area contributed by atoms with Crippen LogP contribution in [0.5, 0.6) is 0 Å². The van der Waals surface area contributed by atoms with Gasteiger partial charge < -0.3 is 9.88 Å². The van der Waals surface area contributed by atoms with Gasteiger partial charge in [-0.3, -0.25) is 0 Å². The van der Waals surface area contributed by atoms with Crippen molar-refractivity contribution in [1.82, 2.24) is 9.88 Å². The first-order valence-corrected chi connectivity index (χ1v) is 8.61. The third-order valence-electron chi connectivity index (χ3n) is 3.83. The van der Waals surface area contributed by atoms with E-state index >= 15 is 0 Å². The van der Waals surface area contributed by atoms with Crippen LogP contribution in [0.15, 0.2) is 47.2 Å². The van der Waals surface area contributed by atoms with Gasteiger partial charge in [0.15, 0.2) is 0 Å². The summed E-state index contributed by atoms with van der Waals surface area (Å²) in [6.07, 6.45) is 2.28. The van der Waals surface area contributed by atoms with Crippen LogP contribution in [0.2, 0.25) is 0 Å². The number of para-hydroxylation sites is 1. The summed E-state index contributed by atoms with van der Waals surface area (Å²) < 4.78 is 2.47. The summed E-state index contributed by atoms with van der Waals surface area (Å²) in [7, 11) is 0. The molecule has 0 radical (unpaired) electrons. The summed E-state index contributed by atoms with van der Waals surface area (Å²) in [6, 6.07) is 13.2. The lowest BCUT2D eigenvalue weighted by molar-refractivity contribution is 0.615. The zero-order chi connectivity index (χ0) is 14.5. The van der Waals surface area contributed by atoms with Crippen molar-refractivity contribution in [1.29, 1.82) is 0 Å². The molecule has 0 bridgehead atoms. The van der Waals surface area contributed by atoms with Crippen LogP contribution in [0.25, 0.3) is 10.9 Å². The van der Waals surface area contributed by atoms with E-state index in [9.17, 15) is 0 Å². The molecule has 1 aromatic carbocycles. The molecule has 0 atom stereocenters. The topological polar surface area (TPSA) is 17.0 Å². The molecular weight excluding hydrogens is 276 g/mol. The number of fused-ring (bicyclic) bond motifs is 1. The van der Waals surface area contributed by atoms with Crippen LogP contribution in [-0.4, -0.2) is 11.1 Å². The average molecular weight is 298 g/mol. The fourth-order valence-corrected chi connectivity index (χ4v) is 3.45. The number of aryl methyl sites for hydroxylation is 2. The Labute approximate surface area is 130 Å². The summed E-state index contributed by atoms with van der Waals surface area (Å²) >= 11 is 1.78. The Bertz CT molecular complexity index is 682. The number of hydrogen-bond donors (Lipinski definition) is 1. The smallest absolute Gasteiger partial charge is 0.0483 e. The predicted molar refractivity (Wildman–Crippen MR) is 92.0 cm³/mol. The lowest BCUT2D eigenvalue weighted by Crippen LogP contribution is -2.17. The standard InChI is InChI=1S/C18H22N2S/c1-2-9-19-13-17-12-16-5-3-4-6-18(16)20(17)10-7-15-8-11-21-14-15/h3-6,8,11-12,14,19H,2,7,9-10,13H2,1H3. The Morgan fingerprint density at radius 1 is 1.19 bits per heavy atom. The molecule has 0 fully saturated rings. The van der Waals surface area contributed by atoms with E-state index < -0.39 is 0 Å². The second-order valence-electron chi connectivity index (χ2n) is 5.40. The van der Waals surface area contributed by atoms with Crippen molar-refractivity contribution in [3.8, 4) is 0 Å². The first kappa shape index (κ1) is 14.4. The molecule has 0 aliphatic carbocycles. The molecular formula is C18H22N2S. The van der Waals surface area contributed by atoms with E-state index in [1.807, 2.05) is 0 Å². The van der Waals surface area contributed by atoms with Crippen molar-refractivity contribution in [2.75, 3.05) is 6.54 Å². The third kappa shape index (κ3) is 3.36. The average Bonchev–Trinajstić information content (AvgIpc) is 3.12. The molecule has 2 aromatic heterocycles. The van der Waals surface area contributed by atoms with Crippen LogP contribution >= 0.6 is 11.3 Å². The molecule has 2 heterocycles. The van der Waals surface area contributed by atoms with E-state index in [1.54, 1.807) is 11.3 Å². The Balaban J connectivity index is 1.83. The minimum atomic E-state index is 0.951. The Morgan fingerprint density at radius 2 is 2.10 bits per heavy atom. The van der Waals surface area contributed by atoms with Gasteiger partial charge in [-0.05, 0) is 59.3 Å². The largest absolute Gasteiger partial charge is 0.343 e. The molecule has 0 spiro atoms. The van der Waals surface area contributed by atoms with Gasteiger partial charge in [0.2, 0.25) is 0 Å². The Hall–Kier alpha value is -1.58. The lowest BCUT2D eigenvalue weighted by atomic mass is 10.2. The number of hydrogen-bond acceptors (Lipinski definition) is 2. The molecule has 3 aromatic rings. The summed E-state index contributed by atoms with van der Waals surface area (Å²) in [6.45, 7) is 5.28. The molecule has 21 heavy (non-hydrogen) atoms. The molecule has 0 aliphatic heterocycles. The molecule has 1 N–H and O–H groups in total. The quantitative estimate of drug-likeness (QED) is 0.638. The Morgan fingerprint density at radius 3 is 2.90 bits per heavy atom. The minimum Gasteiger partial charge on any atom is -0.343 e. The maximum atomic E-state index is 3.53. The number of thiophene rings is 1. The van der Waals surface area contributed by atoms with Crippen LogP contribution in [0.3, 0.4) is 0 Å². The van der Waals surface area contributed by atoms with E-state index in [2.05, 4.69) is 64.0 Å². The maximum Gasteiger partial charge on any atom is 0.0483 e. The van der Waals surface area contributed by atoms with Crippen molar-refractivity contribution in [2.24, 2.45) is 0 Å². The van der Waals surface area contributed by atoms with Crippen molar-refractivity contribution in [2.45, 2.75) is 32.9 Å². The molecule has 0 unspecified atom stereocenters. The molecule has 0 amide bonds.